The molecule has 0 atom stereocenters. The number of sulfonamides is 1. The zero-order valence-corrected chi connectivity index (χ0v) is 13.6. The van der Waals surface area contributed by atoms with Crippen molar-refractivity contribution in [3.8, 4) is 5.75 Å². The van der Waals surface area contributed by atoms with E-state index < -0.39 is 10.0 Å². The highest BCUT2D eigenvalue weighted by molar-refractivity contribution is 7.89. The molecule has 0 aliphatic heterocycles. The zero-order valence-electron chi connectivity index (χ0n) is 12.8. The Morgan fingerprint density at radius 1 is 1.33 bits per heavy atom. The van der Waals surface area contributed by atoms with Crippen LogP contribution in [-0.4, -0.2) is 34.5 Å². The number of carbonyl (C=O) groups is 1. The molecular weight excluding hydrogens is 292 g/mol. The fourth-order valence-electron chi connectivity index (χ4n) is 1.65. The molecule has 1 aromatic carbocycles. The summed E-state index contributed by atoms with van der Waals surface area (Å²) in [5.41, 5.74) is 0.201. The van der Waals surface area contributed by atoms with Crippen LogP contribution >= 0.6 is 0 Å². The number of ether oxygens (including phenoxy) is 1. The topological polar surface area (TPSA) is 84.5 Å². The molecule has 0 saturated carbocycles. The van der Waals surface area contributed by atoms with Crippen LogP contribution in [0.25, 0.3) is 0 Å². The van der Waals surface area contributed by atoms with Gasteiger partial charge >= 0.3 is 0 Å². The van der Waals surface area contributed by atoms with E-state index in [0.717, 1.165) is 0 Å². The van der Waals surface area contributed by atoms with Gasteiger partial charge in [0.15, 0.2) is 0 Å². The molecule has 0 spiro atoms. The highest BCUT2D eigenvalue weighted by Gasteiger charge is 2.19. The third-order valence-corrected chi connectivity index (χ3v) is 4.17. The minimum atomic E-state index is -3.64. The van der Waals surface area contributed by atoms with Crippen molar-refractivity contribution in [2.45, 2.75) is 25.7 Å². The van der Waals surface area contributed by atoms with Crippen molar-refractivity contribution >= 4 is 15.9 Å². The van der Waals surface area contributed by atoms with Gasteiger partial charge in [-0.25, -0.2) is 13.1 Å². The Morgan fingerprint density at radius 3 is 2.52 bits per heavy atom. The Hall–Kier alpha value is -1.60. The molecule has 1 rings (SSSR count). The zero-order chi connectivity index (χ0) is 16.0. The summed E-state index contributed by atoms with van der Waals surface area (Å²) in [5, 5.41) is 2.63. The van der Waals surface area contributed by atoms with Gasteiger partial charge in [-0.1, -0.05) is 13.8 Å². The molecule has 0 aliphatic carbocycles. The van der Waals surface area contributed by atoms with Crippen LogP contribution in [0.1, 0.15) is 31.1 Å². The molecular formula is C14H22N2O4S. The average Bonchev–Trinajstić information content (AvgIpc) is 2.44. The fraction of sp³-hybridized carbons (Fsp3) is 0.500. The van der Waals surface area contributed by atoms with Crippen LogP contribution in [0.3, 0.4) is 0 Å². The Morgan fingerprint density at radius 2 is 2.00 bits per heavy atom. The Kier molecular flexibility index (Phi) is 6.17. The molecule has 0 bridgehead atoms. The largest absolute Gasteiger partial charge is 0.496 e. The molecule has 0 heterocycles. The van der Waals surface area contributed by atoms with Crippen molar-refractivity contribution < 1.29 is 17.9 Å². The lowest BCUT2D eigenvalue weighted by Gasteiger charge is -2.12. The first-order chi connectivity index (χ1) is 9.81. The van der Waals surface area contributed by atoms with Gasteiger partial charge < -0.3 is 10.1 Å². The van der Waals surface area contributed by atoms with Crippen LogP contribution in [0, 0.1) is 5.92 Å². The Labute approximate surface area is 125 Å². The first kappa shape index (κ1) is 17.5. The second-order valence-corrected chi connectivity index (χ2v) is 6.73. The van der Waals surface area contributed by atoms with Crippen molar-refractivity contribution in [2.24, 2.45) is 5.92 Å². The maximum atomic E-state index is 12.2. The normalized spacial score (nSPS) is 11.5. The summed E-state index contributed by atoms with van der Waals surface area (Å²) >= 11 is 0. The van der Waals surface area contributed by atoms with Crippen LogP contribution in [0.4, 0.5) is 0 Å². The monoisotopic (exact) mass is 314 g/mol. The van der Waals surface area contributed by atoms with Crippen LogP contribution in [0.15, 0.2) is 23.1 Å². The Balaban J connectivity index is 3.15. The minimum Gasteiger partial charge on any atom is -0.496 e. The standard InChI is InChI=1S/C14H22N2O4S/c1-5-15-14(17)12-8-11(6-7-13(12)20-4)21(18,19)16-9-10(2)3/h6-8,10,16H,5,9H2,1-4H3,(H,15,17). The third kappa shape index (κ3) is 4.71. The Bertz CT molecular complexity index is 597. The van der Waals surface area contributed by atoms with Gasteiger partial charge in [0.1, 0.15) is 5.75 Å². The molecule has 1 aromatic rings. The van der Waals surface area contributed by atoms with E-state index in [-0.39, 0.29) is 22.3 Å². The molecule has 0 saturated heterocycles. The van der Waals surface area contributed by atoms with Crippen LogP contribution in [0.5, 0.6) is 5.75 Å². The number of carbonyl (C=O) groups excluding carboxylic acids is 1. The smallest absolute Gasteiger partial charge is 0.255 e. The first-order valence-corrected chi connectivity index (χ1v) is 8.26. The van der Waals surface area contributed by atoms with Crippen molar-refractivity contribution in [1.82, 2.24) is 10.0 Å². The van der Waals surface area contributed by atoms with Gasteiger partial charge in [0, 0.05) is 13.1 Å². The molecule has 1 amide bonds. The minimum absolute atomic E-state index is 0.0465. The van der Waals surface area contributed by atoms with Crippen LogP contribution < -0.4 is 14.8 Å². The molecule has 0 aliphatic rings. The van der Waals surface area contributed by atoms with Gasteiger partial charge in [0.25, 0.3) is 5.91 Å². The highest BCUT2D eigenvalue weighted by atomic mass is 32.2. The number of rotatable bonds is 7. The van der Waals surface area contributed by atoms with E-state index in [1.165, 1.54) is 25.3 Å². The maximum Gasteiger partial charge on any atom is 0.255 e. The first-order valence-electron chi connectivity index (χ1n) is 6.77. The summed E-state index contributed by atoms with van der Waals surface area (Å²) in [6, 6.07) is 4.23. The lowest BCUT2D eigenvalue weighted by atomic mass is 10.2. The summed E-state index contributed by atoms with van der Waals surface area (Å²) in [6.07, 6.45) is 0. The van der Waals surface area contributed by atoms with E-state index in [4.69, 9.17) is 4.74 Å². The van der Waals surface area contributed by atoms with Crippen molar-refractivity contribution in [1.29, 1.82) is 0 Å². The van der Waals surface area contributed by atoms with Crippen molar-refractivity contribution in [3.05, 3.63) is 23.8 Å². The van der Waals surface area contributed by atoms with E-state index in [1.54, 1.807) is 6.92 Å². The van der Waals surface area contributed by atoms with E-state index >= 15 is 0 Å². The maximum absolute atomic E-state index is 12.2. The molecule has 0 radical (unpaired) electrons. The van der Waals surface area contributed by atoms with Crippen LogP contribution in [0.2, 0.25) is 0 Å². The quantitative estimate of drug-likeness (QED) is 0.796. The van der Waals surface area contributed by atoms with Gasteiger partial charge in [-0.2, -0.15) is 0 Å². The number of hydrogen-bond donors (Lipinski definition) is 2. The molecule has 6 nitrogen and oxygen atoms in total. The fourth-order valence-corrected chi connectivity index (χ4v) is 2.89. The number of hydrogen-bond acceptors (Lipinski definition) is 4. The summed E-state index contributed by atoms with van der Waals surface area (Å²) in [4.78, 5) is 12.0. The lowest BCUT2D eigenvalue weighted by Crippen LogP contribution is -2.28. The summed E-state index contributed by atoms with van der Waals surface area (Å²) in [6.45, 7) is 6.40. The summed E-state index contributed by atoms with van der Waals surface area (Å²) in [7, 11) is -2.20. The second-order valence-electron chi connectivity index (χ2n) is 4.97. The van der Waals surface area contributed by atoms with Crippen molar-refractivity contribution in [2.75, 3.05) is 20.2 Å². The van der Waals surface area contributed by atoms with Gasteiger partial charge in [0.2, 0.25) is 10.0 Å². The number of amides is 1. The van der Waals surface area contributed by atoms with Gasteiger partial charge in [-0.05, 0) is 31.0 Å². The third-order valence-electron chi connectivity index (χ3n) is 2.74. The number of nitrogens with one attached hydrogen (secondary N) is 2. The van der Waals surface area contributed by atoms with Gasteiger partial charge in [0.05, 0.1) is 17.6 Å². The van der Waals surface area contributed by atoms with E-state index in [1.807, 2.05) is 13.8 Å². The van der Waals surface area contributed by atoms with Gasteiger partial charge in [-0.3, -0.25) is 4.79 Å². The summed E-state index contributed by atoms with van der Waals surface area (Å²) < 4.78 is 32.0. The highest BCUT2D eigenvalue weighted by Crippen LogP contribution is 2.22. The molecule has 2 N–H and O–H groups in total. The van der Waals surface area contributed by atoms with E-state index in [9.17, 15) is 13.2 Å². The average molecular weight is 314 g/mol. The number of benzene rings is 1. The molecule has 0 unspecified atom stereocenters. The number of methoxy groups -OCH3 is 1. The van der Waals surface area contributed by atoms with E-state index in [0.29, 0.717) is 18.8 Å². The second kappa shape index (κ2) is 7.42. The van der Waals surface area contributed by atoms with Gasteiger partial charge in [-0.15, -0.1) is 0 Å². The molecule has 7 heteroatoms. The van der Waals surface area contributed by atoms with E-state index in [2.05, 4.69) is 10.0 Å². The van der Waals surface area contributed by atoms with Crippen LogP contribution in [-0.2, 0) is 10.0 Å². The molecule has 21 heavy (non-hydrogen) atoms. The summed E-state index contributed by atoms with van der Waals surface area (Å²) in [5.74, 6) is 0.167. The lowest BCUT2D eigenvalue weighted by molar-refractivity contribution is 0.0952. The van der Waals surface area contributed by atoms with Crippen molar-refractivity contribution in [3.63, 3.8) is 0 Å². The SMILES string of the molecule is CCNC(=O)c1cc(S(=O)(=O)NCC(C)C)ccc1OC. The molecule has 118 valence electrons. The predicted molar refractivity (Wildman–Crippen MR) is 81.0 cm³/mol. The molecule has 0 aromatic heterocycles. The predicted octanol–water partition coefficient (Wildman–Crippen LogP) is 1.38. The molecule has 0 fully saturated rings.